The van der Waals surface area contributed by atoms with Crippen LogP contribution >= 0.6 is 15.9 Å². The molecule has 56 valence electrons. The maximum absolute atomic E-state index is 10.7. The maximum Gasteiger partial charge on any atom is 0.309 e. The number of alkyl halides is 1. The normalized spacial score (nSPS) is 50.5. The van der Waals surface area contributed by atoms with Gasteiger partial charge in [0.25, 0.3) is 0 Å². The van der Waals surface area contributed by atoms with Crippen LogP contribution in [0, 0.1) is 5.41 Å². The third-order valence-electron chi connectivity index (χ3n) is 2.82. The van der Waals surface area contributed by atoms with E-state index < -0.39 is 5.97 Å². The van der Waals surface area contributed by atoms with E-state index in [4.69, 9.17) is 5.11 Å². The second-order valence-corrected chi connectivity index (χ2v) is 5.27. The van der Waals surface area contributed by atoms with Crippen molar-refractivity contribution in [3.63, 3.8) is 0 Å². The highest BCUT2D eigenvalue weighted by atomic mass is 79.9. The van der Waals surface area contributed by atoms with Gasteiger partial charge < -0.3 is 5.11 Å². The minimum atomic E-state index is -0.597. The minimum Gasteiger partial charge on any atom is -0.481 e. The van der Waals surface area contributed by atoms with Crippen molar-refractivity contribution in [3.8, 4) is 0 Å². The van der Waals surface area contributed by atoms with E-state index in [9.17, 15) is 4.79 Å². The third kappa shape index (κ3) is 0.617. The van der Waals surface area contributed by atoms with Crippen LogP contribution in [0.5, 0.6) is 0 Å². The summed E-state index contributed by atoms with van der Waals surface area (Å²) < 4.78 is 0.214. The molecule has 0 aromatic heterocycles. The molecule has 0 amide bonds. The molecule has 3 heteroatoms. The molecule has 0 radical (unpaired) electrons. The summed E-state index contributed by atoms with van der Waals surface area (Å²) in [6, 6.07) is 0. The van der Waals surface area contributed by atoms with E-state index in [1.165, 1.54) is 0 Å². The Kier molecular flexibility index (Phi) is 1.05. The largest absolute Gasteiger partial charge is 0.481 e. The van der Waals surface area contributed by atoms with Crippen molar-refractivity contribution in [2.24, 2.45) is 5.41 Å². The lowest BCUT2D eigenvalue weighted by atomic mass is 9.70. The van der Waals surface area contributed by atoms with Crippen molar-refractivity contribution in [1.82, 2.24) is 0 Å². The van der Waals surface area contributed by atoms with Gasteiger partial charge in [0.05, 0.1) is 5.41 Å². The SMILES string of the molecule is O=C(O)C12CCC(Br)(C1)C2. The summed E-state index contributed by atoms with van der Waals surface area (Å²) in [6.45, 7) is 0. The highest BCUT2D eigenvalue weighted by Crippen LogP contribution is 2.65. The molecule has 10 heavy (non-hydrogen) atoms. The van der Waals surface area contributed by atoms with Gasteiger partial charge >= 0.3 is 5.97 Å². The van der Waals surface area contributed by atoms with Gasteiger partial charge in [-0.25, -0.2) is 0 Å². The second-order valence-electron chi connectivity index (χ2n) is 3.59. The lowest BCUT2D eigenvalue weighted by molar-refractivity contribution is -0.152. The molecule has 0 heterocycles. The second kappa shape index (κ2) is 1.58. The molecule has 3 saturated carbocycles. The summed E-state index contributed by atoms with van der Waals surface area (Å²) in [5, 5.41) is 8.80. The number of halogens is 1. The van der Waals surface area contributed by atoms with Crippen molar-refractivity contribution >= 4 is 21.9 Å². The molecule has 0 aromatic carbocycles. The molecule has 0 aliphatic heterocycles. The Hall–Kier alpha value is -0.0500. The van der Waals surface area contributed by atoms with E-state index in [-0.39, 0.29) is 9.74 Å². The van der Waals surface area contributed by atoms with Crippen molar-refractivity contribution in [3.05, 3.63) is 0 Å². The summed E-state index contributed by atoms with van der Waals surface area (Å²) in [7, 11) is 0. The maximum atomic E-state index is 10.7. The number of hydrogen-bond acceptors (Lipinski definition) is 1. The van der Waals surface area contributed by atoms with Crippen LogP contribution in [0.25, 0.3) is 0 Å². The van der Waals surface area contributed by atoms with Gasteiger partial charge in [-0.1, -0.05) is 15.9 Å². The predicted molar refractivity (Wildman–Crippen MR) is 40.2 cm³/mol. The number of fused-ring (bicyclic) bond motifs is 1. The van der Waals surface area contributed by atoms with E-state index >= 15 is 0 Å². The van der Waals surface area contributed by atoms with Gasteiger partial charge in [0.1, 0.15) is 0 Å². The fourth-order valence-corrected chi connectivity index (χ4v) is 3.51. The van der Waals surface area contributed by atoms with E-state index in [2.05, 4.69) is 15.9 Å². The molecule has 0 atom stereocenters. The van der Waals surface area contributed by atoms with Crippen molar-refractivity contribution in [2.45, 2.75) is 30.0 Å². The average Bonchev–Trinajstić information content (AvgIpc) is 2.19. The van der Waals surface area contributed by atoms with Crippen LogP contribution in [0.3, 0.4) is 0 Å². The van der Waals surface area contributed by atoms with Crippen molar-refractivity contribution in [2.75, 3.05) is 0 Å². The summed E-state index contributed by atoms with van der Waals surface area (Å²) in [5.41, 5.74) is -0.330. The summed E-state index contributed by atoms with van der Waals surface area (Å²) in [5.74, 6) is -0.597. The number of rotatable bonds is 1. The zero-order valence-corrected chi connectivity index (χ0v) is 7.15. The Morgan fingerprint density at radius 2 is 2.00 bits per heavy atom. The van der Waals surface area contributed by atoms with Gasteiger partial charge in [0.15, 0.2) is 0 Å². The molecular formula is C7H9BrO2. The van der Waals surface area contributed by atoms with Crippen LogP contribution in [0.4, 0.5) is 0 Å². The van der Waals surface area contributed by atoms with Gasteiger partial charge in [-0.05, 0) is 25.7 Å². The summed E-state index contributed by atoms with van der Waals surface area (Å²) in [4.78, 5) is 10.7. The standard InChI is InChI=1S/C7H9BrO2/c8-7-2-1-6(3-7,4-7)5(9)10/h1-4H2,(H,9,10). The summed E-state index contributed by atoms with van der Waals surface area (Å²) in [6.07, 6.45) is 3.59. The Morgan fingerprint density at radius 3 is 2.20 bits per heavy atom. The number of carboxylic acids is 1. The van der Waals surface area contributed by atoms with Crippen LogP contribution < -0.4 is 0 Å². The third-order valence-corrected chi connectivity index (χ3v) is 3.77. The fourth-order valence-electron chi connectivity index (χ4n) is 2.24. The Balaban J connectivity index is 2.20. The van der Waals surface area contributed by atoms with Crippen molar-refractivity contribution < 1.29 is 9.90 Å². The molecule has 0 aromatic rings. The quantitative estimate of drug-likeness (QED) is 0.662. The van der Waals surface area contributed by atoms with Crippen LogP contribution in [-0.4, -0.2) is 15.4 Å². The predicted octanol–water partition coefficient (Wildman–Crippen LogP) is 1.78. The molecule has 3 aliphatic carbocycles. The molecular weight excluding hydrogens is 196 g/mol. The molecule has 3 rings (SSSR count). The van der Waals surface area contributed by atoms with Crippen LogP contribution in [0.2, 0.25) is 0 Å². The Morgan fingerprint density at radius 1 is 1.40 bits per heavy atom. The van der Waals surface area contributed by atoms with Crippen LogP contribution in [-0.2, 0) is 4.79 Å². The van der Waals surface area contributed by atoms with E-state index in [1.54, 1.807) is 0 Å². The lowest BCUT2D eigenvalue weighted by Gasteiger charge is -2.40. The molecule has 2 bridgehead atoms. The molecule has 0 spiro atoms. The van der Waals surface area contributed by atoms with Crippen molar-refractivity contribution in [1.29, 1.82) is 0 Å². The number of aliphatic carboxylic acids is 1. The van der Waals surface area contributed by atoms with E-state index in [0.717, 1.165) is 25.7 Å². The summed E-state index contributed by atoms with van der Waals surface area (Å²) >= 11 is 3.55. The molecule has 0 unspecified atom stereocenters. The van der Waals surface area contributed by atoms with Gasteiger partial charge in [-0.3, -0.25) is 4.79 Å². The highest BCUT2D eigenvalue weighted by molar-refractivity contribution is 9.10. The van der Waals surface area contributed by atoms with Gasteiger partial charge in [-0.2, -0.15) is 0 Å². The zero-order valence-electron chi connectivity index (χ0n) is 5.56. The molecule has 3 fully saturated rings. The Bertz CT molecular complexity index is 194. The molecule has 2 nitrogen and oxygen atoms in total. The number of carboxylic acid groups (broad SMARTS) is 1. The molecule has 1 N–H and O–H groups in total. The first-order valence-corrected chi connectivity index (χ1v) is 4.28. The highest BCUT2D eigenvalue weighted by Gasteiger charge is 2.63. The molecule has 0 saturated heterocycles. The minimum absolute atomic E-state index is 0.214. The number of carbonyl (C=O) groups is 1. The Labute approximate surface area is 67.7 Å². The average molecular weight is 205 g/mol. The van der Waals surface area contributed by atoms with Crippen LogP contribution in [0.15, 0.2) is 0 Å². The van der Waals surface area contributed by atoms with E-state index in [1.807, 2.05) is 0 Å². The molecule has 3 aliphatic rings. The topological polar surface area (TPSA) is 37.3 Å². The fraction of sp³-hybridized carbons (Fsp3) is 0.857. The van der Waals surface area contributed by atoms with E-state index in [0.29, 0.717) is 0 Å². The van der Waals surface area contributed by atoms with Gasteiger partial charge in [0, 0.05) is 4.32 Å². The smallest absolute Gasteiger partial charge is 0.309 e. The lowest BCUT2D eigenvalue weighted by Crippen LogP contribution is -2.43. The zero-order chi connectivity index (χ0) is 7.41. The number of hydrogen-bond donors (Lipinski definition) is 1. The first kappa shape index (κ1) is 6.65. The monoisotopic (exact) mass is 204 g/mol. The van der Waals surface area contributed by atoms with Crippen LogP contribution in [0.1, 0.15) is 25.7 Å². The van der Waals surface area contributed by atoms with Gasteiger partial charge in [-0.15, -0.1) is 0 Å². The van der Waals surface area contributed by atoms with Gasteiger partial charge in [0.2, 0.25) is 0 Å². The first-order chi connectivity index (χ1) is 4.56. The first-order valence-electron chi connectivity index (χ1n) is 3.49.